The molecule has 2 rings (SSSR count). The molecule has 4 nitrogen and oxygen atoms in total. The van der Waals surface area contributed by atoms with E-state index in [9.17, 15) is 4.39 Å². The predicted molar refractivity (Wildman–Crippen MR) is 62.9 cm³/mol. The minimum absolute atomic E-state index is 0.193. The van der Waals surface area contributed by atoms with Gasteiger partial charge in [0.1, 0.15) is 18.0 Å². The quantitative estimate of drug-likeness (QED) is 0.830. The molecule has 0 saturated heterocycles. The van der Waals surface area contributed by atoms with E-state index in [2.05, 4.69) is 20.5 Å². The number of benzene rings is 1. The van der Waals surface area contributed by atoms with E-state index in [1.807, 2.05) is 6.92 Å². The van der Waals surface area contributed by atoms with Gasteiger partial charge in [-0.15, -0.1) is 0 Å². The van der Waals surface area contributed by atoms with Gasteiger partial charge in [0, 0.05) is 19.0 Å². The number of H-pyrrole nitrogens is 1. The molecule has 0 amide bonds. The average Bonchev–Trinajstić information content (AvgIpc) is 2.83. The molecule has 0 fully saturated rings. The van der Waals surface area contributed by atoms with E-state index in [4.69, 9.17) is 0 Å². The number of rotatable bonds is 5. The van der Waals surface area contributed by atoms with Crippen molar-refractivity contribution in [2.75, 3.05) is 6.54 Å². The Balaban J connectivity index is 1.81. The smallest absolute Gasteiger partial charge is 0.137 e. The van der Waals surface area contributed by atoms with Crippen molar-refractivity contribution in [3.8, 4) is 0 Å². The van der Waals surface area contributed by atoms with Gasteiger partial charge in [0.15, 0.2) is 0 Å². The second-order valence-corrected chi connectivity index (χ2v) is 3.91. The Hall–Kier alpha value is -1.75. The van der Waals surface area contributed by atoms with Crippen LogP contribution in [0, 0.1) is 5.82 Å². The molecule has 0 aliphatic carbocycles. The summed E-state index contributed by atoms with van der Waals surface area (Å²) in [6, 6.07) is 6.73. The zero-order chi connectivity index (χ0) is 12.1. The number of nitrogens with zero attached hydrogens (tertiary/aromatic N) is 2. The van der Waals surface area contributed by atoms with Crippen LogP contribution in [0.3, 0.4) is 0 Å². The fourth-order valence-electron chi connectivity index (χ4n) is 1.63. The summed E-state index contributed by atoms with van der Waals surface area (Å²) in [6.07, 6.45) is 2.30. The third-order valence-electron chi connectivity index (χ3n) is 2.65. The van der Waals surface area contributed by atoms with Gasteiger partial charge in [0.25, 0.3) is 0 Å². The van der Waals surface area contributed by atoms with Crippen molar-refractivity contribution in [1.82, 2.24) is 20.5 Å². The fraction of sp³-hybridized carbons (Fsp3) is 0.333. The van der Waals surface area contributed by atoms with E-state index >= 15 is 0 Å². The molecule has 1 atom stereocenters. The van der Waals surface area contributed by atoms with E-state index < -0.39 is 0 Å². The first-order valence-corrected chi connectivity index (χ1v) is 5.59. The van der Waals surface area contributed by atoms with Crippen LogP contribution in [0.2, 0.25) is 0 Å². The molecule has 2 aromatic rings. The third-order valence-corrected chi connectivity index (χ3v) is 2.65. The van der Waals surface area contributed by atoms with Gasteiger partial charge < -0.3 is 5.32 Å². The second-order valence-electron chi connectivity index (χ2n) is 3.91. The van der Waals surface area contributed by atoms with Gasteiger partial charge in [-0.25, -0.2) is 9.37 Å². The standard InChI is InChI=1S/C12H15FN4/c1-9(10-2-4-11(13)5-3-10)14-7-6-12-15-8-16-17-12/h2-5,8-9,14H,6-7H2,1H3,(H,15,16,17)/t9-/m0/s1. The van der Waals surface area contributed by atoms with Crippen LogP contribution in [0.4, 0.5) is 4.39 Å². The zero-order valence-electron chi connectivity index (χ0n) is 9.65. The maximum atomic E-state index is 12.7. The molecule has 1 aromatic carbocycles. The van der Waals surface area contributed by atoms with Gasteiger partial charge in [0.05, 0.1) is 0 Å². The first-order valence-electron chi connectivity index (χ1n) is 5.59. The van der Waals surface area contributed by atoms with Crippen molar-refractivity contribution in [1.29, 1.82) is 0 Å². The van der Waals surface area contributed by atoms with Crippen LogP contribution in [0.25, 0.3) is 0 Å². The Morgan fingerprint density at radius 3 is 2.76 bits per heavy atom. The summed E-state index contributed by atoms with van der Waals surface area (Å²) < 4.78 is 12.7. The summed E-state index contributed by atoms with van der Waals surface area (Å²) >= 11 is 0. The highest BCUT2D eigenvalue weighted by atomic mass is 19.1. The second kappa shape index (κ2) is 5.54. The zero-order valence-corrected chi connectivity index (χ0v) is 9.65. The number of nitrogens with one attached hydrogen (secondary N) is 2. The maximum Gasteiger partial charge on any atom is 0.137 e. The molecule has 1 aromatic heterocycles. The van der Waals surface area contributed by atoms with Gasteiger partial charge in [-0.1, -0.05) is 12.1 Å². The van der Waals surface area contributed by atoms with Crippen molar-refractivity contribution in [2.45, 2.75) is 19.4 Å². The molecule has 0 aliphatic rings. The molecule has 0 unspecified atom stereocenters. The lowest BCUT2D eigenvalue weighted by molar-refractivity contribution is 0.567. The Bertz CT molecular complexity index is 438. The molecule has 0 spiro atoms. The summed E-state index contributed by atoms with van der Waals surface area (Å²) in [5, 5.41) is 9.94. The molecule has 0 saturated carbocycles. The van der Waals surface area contributed by atoms with E-state index in [0.717, 1.165) is 24.4 Å². The summed E-state index contributed by atoms with van der Waals surface area (Å²) in [7, 11) is 0. The van der Waals surface area contributed by atoms with Crippen LogP contribution in [-0.2, 0) is 6.42 Å². The first-order chi connectivity index (χ1) is 8.25. The number of aromatic amines is 1. The van der Waals surface area contributed by atoms with Gasteiger partial charge in [-0.3, -0.25) is 5.10 Å². The third kappa shape index (κ3) is 3.35. The summed E-state index contributed by atoms with van der Waals surface area (Å²) in [5.41, 5.74) is 1.07. The molecule has 0 bridgehead atoms. The predicted octanol–water partition coefficient (Wildman–Crippen LogP) is 1.84. The number of hydrogen-bond donors (Lipinski definition) is 2. The van der Waals surface area contributed by atoms with Crippen molar-refractivity contribution >= 4 is 0 Å². The lowest BCUT2D eigenvalue weighted by Crippen LogP contribution is -2.21. The van der Waals surface area contributed by atoms with Gasteiger partial charge in [-0.05, 0) is 24.6 Å². The highest BCUT2D eigenvalue weighted by Gasteiger charge is 2.04. The highest BCUT2D eigenvalue weighted by Crippen LogP contribution is 2.12. The Labute approximate surface area is 99.3 Å². The van der Waals surface area contributed by atoms with Crippen LogP contribution >= 0.6 is 0 Å². The molecule has 0 aliphatic heterocycles. The van der Waals surface area contributed by atoms with E-state index in [1.165, 1.54) is 18.5 Å². The Morgan fingerprint density at radius 2 is 2.12 bits per heavy atom. The van der Waals surface area contributed by atoms with Gasteiger partial charge >= 0.3 is 0 Å². The molecule has 5 heteroatoms. The monoisotopic (exact) mass is 234 g/mol. The lowest BCUT2D eigenvalue weighted by Gasteiger charge is -2.13. The van der Waals surface area contributed by atoms with Crippen molar-refractivity contribution in [3.63, 3.8) is 0 Å². The number of hydrogen-bond acceptors (Lipinski definition) is 3. The van der Waals surface area contributed by atoms with Crippen LogP contribution in [0.5, 0.6) is 0 Å². The molecule has 1 heterocycles. The van der Waals surface area contributed by atoms with Crippen molar-refractivity contribution in [3.05, 3.63) is 47.8 Å². The topological polar surface area (TPSA) is 53.6 Å². The van der Waals surface area contributed by atoms with Crippen LogP contribution in [-0.4, -0.2) is 21.7 Å². The first kappa shape index (κ1) is 11.7. The molecular formula is C12H15FN4. The molecule has 0 radical (unpaired) electrons. The Morgan fingerprint density at radius 1 is 1.35 bits per heavy atom. The molecule has 90 valence electrons. The summed E-state index contributed by atoms with van der Waals surface area (Å²) in [6.45, 7) is 2.85. The normalized spacial score (nSPS) is 12.6. The van der Waals surface area contributed by atoms with Crippen molar-refractivity contribution < 1.29 is 4.39 Å². The SMILES string of the molecule is C[C@H](NCCc1ncn[nH]1)c1ccc(F)cc1. The number of aromatic nitrogens is 3. The lowest BCUT2D eigenvalue weighted by atomic mass is 10.1. The molecule has 2 N–H and O–H groups in total. The van der Waals surface area contributed by atoms with Crippen LogP contribution in [0.15, 0.2) is 30.6 Å². The van der Waals surface area contributed by atoms with Gasteiger partial charge in [-0.2, -0.15) is 5.10 Å². The highest BCUT2D eigenvalue weighted by molar-refractivity contribution is 5.19. The van der Waals surface area contributed by atoms with Crippen molar-refractivity contribution in [2.24, 2.45) is 0 Å². The summed E-state index contributed by atoms with van der Waals surface area (Å²) in [4.78, 5) is 4.04. The largest absolute Gasteiger partial charge is 0.310 e. The minimum Gasteiger partial charge on any atom is -0.310 e. The Kier molecular flexibility index (Phi) is 3.82. The average molecular weight is 234 g/mol. The maximum absolute atomic E-state index is 12.7. The van der Waals surface area contributed by atoms with Crippen LogP contribution in [0.1, 0.15) is 24.4 Å². The molecule has 17 heavy (non-hydrogen) atoms. The van der Waals surface area contributed by atoms with Gasteiger partial charge in [0.2, 0.25) is 0 Å². The number of halogens is 1. The van der Waals surface area contributed by atoms with Crippen LogP contribution < -0.4 is 5.32 Å². The van der Waals surface area contributed by atoms with E-state index in [0.29, 0.717) is 0 Å². The minimum atomic E-state index is -0.206. The summed E-state index contributed by atoms with van der Waals surface area (Å²) in [5.74, 6) is 0.659. The van der Waals surface area contributed by atoms with E-state index in [1.54, 1.807) is 12.1 Å². The molecular weight excluding hydrogens is 219 g/mol. The van der Waals surface area contributed by atoms with E-state index in [-0.39, 0.29) is 11.9 Å². The fourth-order valence-corrected chi connectivity index (χ4v) is 1.63.